The number of hydrogen-bond donors (Lipinski definition) is 0. The van der Waals surface area contributed by atoms with Crippen molar-refractivity contribution in [2.24, 2.45) is 0 Å². The lowest BCUT2D eigenvalue weighted by Gasteiger charge is -2.34. The third-order valence-electron chi connectivity index (χ3n) is 5.36. The van der Waals surface area contributed by atoms with Crippen molar-refractivity contribution in [3.63, 3.8) is 0 Å². The Kier molecular flexibility index (Phi) is 8.28. The standard InChI is InChI=1S/C31H28O6Si2/c1-38(32-27-17-7-2-8-18-27,33-28-19-9-3-10-20-28)37-39(34-29-21-11-4-12-22-29,35-30-23-13-5-14-24-30)36-31-25-15-6-16-26-31/h2-26H,1H3. The summed E-state index contributed by atoms with van der Waals surface area (Å²) in [7, 11) is -7.79. The lowest BCUT2D eigenvalue weighted by molar-refractivity contribution is 0.119. The van der Waals surface area contributed by atoms with Gasteiger partial charge in [0.25, 0.3) is 0 Å². The molecule has 0 amide bonds. The Bertz CT molecular complexity index is 1270. The summed E-state index contributed by atoms with van der Waals surface area (Å²) in [4.78, 5) is 0. The van der Waals surface area contributed by atoms with Crippen LogP contribution in [0.3, 0.4) is 0 Å². The lowest BCUT2D eigenvalue weighted by atomic mass is 10.3. The van der Waals surface area contributed by atoms with E-state index < -0.39 is 17.9 Å². The zero-order chi connectivity index (χ0) is 26.8. The van der Waals surface area contributed by atoms with Gasteiger partial charge in [0, 0.05) is 6.55 Å². The predicted molar refractivity (Wildman–Crippen MR) is 154 cm³/mol. The van der Waals surface area contributed by atoms with Crippen molar-refractivity contribution in [2.75, 3.05) is 0 Å². The Balaban J connectivity index is 1.60. The Morgan fingerprint density at radius 3 is 0.821 bits per heavy atom. The van der Waals surface area contributed by atoms with E-state index in [1.807, 2.05) is 152 Å². The van der Waals surface area contributed by atoms with Crippen molar-refractivity contribution < 1.29 is 26.2 Å². The zero-order valence-corrected chi connectivity index (χ0v) is 23.4. The van der Waals surface area contributed by atoms with E-state index in [4.69, 9.17) is 26.2 Å². The molecule has 0 radical (unpaired) electrons. The van der Waals surface area contributed by atoms with E-state index in [0.717, 1.165) is 0 Å². The van der Waals surface area contributed by atoms with E-state index in [9.17, 15) is 0 Å². The van der Waals surface area contributed by atoms with E-state index in [0.29, 0.717) is 28.7 Å². The predicted octanol–water partition coefficient (Wildman–Crippen LogP) is 7.40. The maximum Gasteiger partial charge on any atom is 0.887 e. The summed E-state index contributed by atoms with van der Waals surface area (Å²) in [5.41, 5.74) is 0. The third-order valence-corrected chi connectivity index (χ3v) is 10.5. The second-order valence-corrected chi connectivity index (χ2v) is 13.1. The molecule has 196 valence electrons. The highest BCUT2D eigenvalue weighted by Gasteiger charge is 2.64. The Hall–Kier alpha value is -4.51. The van der Waals surface area contributed by atoms with Crippen molar-refractivity contribution in [3.8, 4) is 28.7 Å². The monoisotopic (exact) mass is 552 g/mol. The minimum Gasteiger partial charge on any atom is -0.493 e. The molecule has 0 atom stereocenters. The Morgan fingerprint density at radius 2 is 0.564 bits per heavy atom. The van der Waals surface area contributed by atoms with Crippen molar-refractivity contribution in [1.82, 2.24) is 0 Å². The first-order chi connectivity index (χ1) is 19.1. The first-order valence-electron chi connectivity index (χ1n) is 12.5. The molecule has 0 aliphatic rings. The minimum absolute atomic E-state index is 0.520. The number of para-hydroxylation sites is 5. The maximum absolute atomic E-state index is 6.81. The average Bonchev–Trinajstić information content (AvgIpc) is 2.95. The van der Waals surface area contributed by atoms with Gasteiger partial charge in [-0.2, -0.15) is 0 Å². The number of benzene rings is 5. The van der Waals surface area contributed by atoms with Crippen molar-refractivity contribution in [1.29, 1.82) is 0 Å². The lowest BCUT2D eigenvalue weighted by Crippen LogP contribution is -2.67. The largest absolute Gasteiger partial charge is 0.887 e. The van der Waals surface area contributed by atoms with Crippen LogP contribution in [0.1, 0.15) is 0 Å². The van der Waals surface area contributed by atoms with E-state index in [2.05, 4.69) is 0 Å². The molecule has 8 heteroatoms. The van der Waals surface area contributed by atoms with Gasteiger partial charge in [0.1, 0.15) is 28.7 Å². The summed E-state index contributed by atoms with van der Waals surface area (Å²) < 4.78 is 39.3. The van der Waals surface area contributed by atoms with Crippen LogP contribution in [0.2, 0.25) is 6.55 Å². The molecule has 5 rings (SSSR count). The van der Waals surface area contributed by atoms with Gasteiger partial charge < -0.3 is 22.1 Å². The van der Waals surface area contributed by atoms with Crippen LogP contribution in [-0.4, -0.2) is 17.9 Å². The summed E-state index contributed by atoms with van der Waals surface area (Å²) in [5, 5.41) is 0. The highest BCUT2D eigenvalue weighted by molar-refractivity contribution is 6.73. The van der Waals surface area contributed by atoms with Crippen LogP contribution in [-0.2, 0) is 4.12 Å². The molecule has 0 heterocycles. The summed E-state index contributed by atoms with van der Waals surface area (Å²) in [6, 6.07) is 46.7. The van der Waals surface area contributed by atoms with Crippen LogP contribution in [0.25, 0.3) is 0 Å². The van der Waals surface area contributed by atoms with Crippen molar-refractivity contribution in [2.45, 2.75) is 6.55 Å². The van der Waals surface area contributed by atoms with Gasteiger partial charge >= 0.3 is 17.9 Å². The molecule has 0 aliphatic heterocycles. The molecular formula is C31H28O6Si2. The maximum atomic E-state index is 6.81. The molecule has 0 unspecified atom stereocenters. The Labute approximate surface area is 230 Å². The molecule has 0 N–H and O–H groups in total. The summed E-state index contributed by atoms with van der Waals surface area (Å²) >= 11 is 0. The van der Waals surface area contributed by atoms with Gasteiger partial charge in [0.05, 0.1) is 0 Å². The van der Waals surface area contributed by atoms with Gasteiger partial charge in [0.15, 0.2) is 0 Å². The van der Waals surface area contributed by atoms with E-state index in [1.165, 1.54) is 0 Å². The molecule has 39 heavy (non-hydrogen) atoms. The minimum atomic E-state index is -4.15. The fourth-order valence-electron chi connectivity index (χ4n) is 3.72. The molecule has 0 aliphatic carbocycles. The second-order valence-electron chi connectivity index (χ2n) is 8.54. The zero-order valence-electron chi connectivity index (χ0n) is 21.4. The highest BCUT2D eigenvalue weighted by Crippen LogP contribution is 2.30. The van der Waals surface area contributed by atoms with Gasteiger partial charge in [-0.1, -0.05) is 91.0 Å². The molecule has 5 aromatic rings. The van der Waals surface area contributed by atoms with Gasteiger partial charge in [0.2, 0.25) is 0 Å². The number of rotatable bonds is 12. The summed E-state index contributed by atoms with van der Waals surface area (Å²) in [5.74, 6) is 2.74. The highest BCUT2D eigenvalue weighted by atomic mass is 28.5. The van der Waals surface area contributed by atoms with Crippen LogP contribution < -0.4 is 22.1 Å². The van der Waals surface area contributed by atoms with Crippen LogP contribution in [0.4, 0.5) is 0 Å². The molecular weight excluding hydrogens is 525 g/mol. The average molecular weight is 553 g/mol. The van der Waals surface area contributed by atoms with Gasteiger partial charge in [-0.25, -0.2) is 0 Å². The van der Waals surface area contributed by atoms with Crippen LogP contribution >= 0.6 is 0 Å². The molecule has 0 saturated heterocycles. The van der Waals surface area contributed by atoms with Crippen LogP contribution in [0.5, 0.6) is 28.7 Å². The first kappa shape index (κ1) is 26.1. The Morgan fingerprint density at radius 1 is 0.333 bits per heavy atom. The van der Waals surface area contributed by atoms with E-state index >= 15 is 0 Å². The van der Waals surface area contributed by atoms with E-state index in [1.54, 1.807) is 6.55 Å². The van der Waals surface area contributed by atoms with Crippen LogP contribution in [0, 0.1) is 0 Å². The molecule has 6 nitrogen and oxygen atoms in total. The molecule has 0 bridgehead atoms. The van der Waals surface area contributed by atoms with E-state index in [-0.39, 0.29) is 0 Å². The fraction of sp³-hybridized carbons (Fsp3) is 0.0323. The quantitative estimate of drug-likeness (QED) is 0.150. The smallest absolute Gasteiger partial charge is 0.493 e. The molecule has 0 saturated carbocycles. The van der Waals surface area contributed by atoms with Gasteiger partial charge in [-0.15, -0.1) is 0 Å². The SMILES string of the molecule is C[Si](Oc1ccccc1)(Oc1ccccc1)O[Si](Oc1ccccc1)(Oc1ccccc1)Oc1ccccc1. The molecule has 5 aromatic carbocycles. The van der Waals surface area contributed by atoms with Crippen molar-refractivity contribution >= 4 is 17.9 Å². The summed E-state index contributed by atoms with van der Waals surface area (Å²) in [6.45, 7) is 1.80. The normalized spacial score (nSPS) is 11.3. The third kappa shape index (κ3) is 7.51. The van der Waals surface area contributed by atoms with Gasteiger partial charge in [-0.05, 0) is 60.7 Å². The van der Waals surface area contributed by atoms with Gasteiger partial charge in [-0.3, -0.25) is 4.12 Å². The molecule has 0 fully saturated rings. The fourth-order valence-corrected chi connectivity index (χ4v) is 8.94. The van der Waals surface area contributed by atoms with Crippen molar-refractivity contribution in [3.05, 3.63) is 152 Å². The topological polar surface area (TPSA) is 55.4 Å². The second kappa shape index (κ2) is 12.4. The molecule has 0 spiro atoms. The summed E-state index contributed by atoms with van der Waals surface area (Å²) in [6.07, 6.45) is 0. The number of hydrogen-bond acceptors (Lipinski definition) is 6. The van der Waals surface area contributed by atoms with Crippen LogP contribution in [0.15, 0.2) is 152 Å². The molecule has 0 aromatic heterocycles. The first-order valence-corrected chi connectivity index (χ1v) is 16.4.